The molecule has 0 radical (unpaired) electrons. The summed E-state index contributed by atoms with van der Waals surface area (Å²) in [6.07, 6.45) is 3.09. The van der Waals surface area contributed by atoms with Crippen molar-refractivity contribution in [2.45, 2.75) is 25.8 Å². The summed E-state index contributed by atoms with van der Waals surface area (Å²) in [4.78, 5) is 14.9. The molecule has 5 heteroatoms. The second-order valence-electron chi connectivity index (χ2n) is 8.39. The Morgan fingerprint density at radius 3 is 2.42 bits per heavy atom. The average molecular weight is 440 g/mol. The number of nitrogens with one attached hydrogen (secondary N) is 1. The van der Waals surface area contributed by atoms with Crippen LogP contribution < -0.4 is 10.1 Å². The van der Waals surface area contributed by atoms with Crippen LogP contribution in [0, 0.1) is 11.3 Å². The van der Waals surface area contributed by atoms with Crippen molar-refractivity contribution in [2.24, 2.45) is 0 Å². The first-order valence-corrected chi connectivity index (χ1v) is 11.4. The molecule has 0 aliphatic carbocycles. The Bertz CT molecular complexity index is 1130. The Kier molecular flexibility index (Phi) is 7.39. The van der Waals surface area contributed by atoms with Gasteiger partial charge in [0.05, 0.1) is 18.7 Å². The highest BCUT2D eigenvalue weighted by Crippen LogP contribution is 2.24. The molecular weight excluding hydrogens is 410 g/mol. The van der Waals surface area contributed by atoms with Crippen LogP contribution in [0.2, 0.25) is 0 Å². The number of ether oxygens (including phenoxy) is 1. The minimum atomic E-state index is -0.0413. The lowest BCUT2D eigenvalue weighted by Crippen LogP contribution is -2.32. The second-order valence-corrected chi connectivity index (χ2v) is 8.39. The van der Waals surface area contributed by atoms with Gasteiger partial charge in [-0.05, 0) is 84.5 Å². The van der Waals surface area contributed by atoms with Crippen molar-refractivity contribution in [3.63, 3.8) is 0 Å². The van der Waals surface area contributed by atoms with E-state index in [2.05, 4.69) is 28.4 Å². The number of unbranched alkanes of at least 4 members (excludes halogenated alkanes) is 1. The van der Waals surface area contributed by atoms with Crippen molar-refractivity contribution < 1.29 is 9.53 Å². The van der Waals surface area contributed by atoms with Crippen LogP contribution in [-0.2, 0) is 13.0 Å². The van der Waals surface area contributed by atoms with Gasteiger partial charge in [-0.3, -0.25) is 9.69 Å². The average Bonchev–Trinajstić information content (AvgIpc) is 2.88. The third-order valence-electron chi connectivity index (χ3n) is 6.19. The van der Waals surface area contributed by atoms with Crippen LogP contribution in [0.15, 0.2) is 66.7 Å². The van der Waals surface area contributed by atoms with Gasteiger partial charge in [0.25, 0.3) is 5.91 Å². The number of hydrogen-bond donors (Lipinski definition) is 1. The Labute approximate surface area is 195 Å². The van der Waals surface area contributed by atoms with E-state index >= 15 is 0 Å². The summed E-state index contributed by atoms with van der Waals surface area (Å²) in [5.74, 6) is 0.878. The highest BCUT2D eigenvalue weighted by Gasteiger charge is 2.16. The molecule has 3 aromatic rings. The summed E-state index contributed by atoms with van der Waals surface area (Å²) in [5.41, 5.74) is 6.13. The molecule has 0 saturated heterocycles. The molecule has 1 aliphatic heterocycles. The predicted molar refractivity (Wildman–Crippen MR) is 130 cm³/mol. The summed E-state index contributed by atoms with van der Waals surface area (Å²) >= 11 is 0. The molecule has 0 spiro atoms. The summed E-state index contributed by atoms with van der Waals surface area (Å²) in [7, 11) is 1.71. The van der Waals surface area contributed by atoms with Gasteiger partial charge in [0.2, 0.25) is 0 Å². The number of benzene rings is 3. The molecule has 33 heavy (non-hydrogen) atoms. The van der Waals surface area contributed by atoms with Crippen LogP contribution in [-0.4, -0.2) is 37.6 Å². The van der Waals surface area contributed by atoms with E-state index in [1.807, 2.05) is 42.5 Å². The lowest BCUT2D eigenvalue weighted by atomic mass is 9.99. The number of rotatable bonds is 8. The maximum Gasteiger partial charge on any atom is 0.251 e. The van der Waals surface area contributed by atoms with E-state index in [0.717, 1.165) is 55.8 Å². The van der Waals surface area contributed by atoms with Crippen molar-refractivity contribution in [1.29, 1.82) is 5.26 Å². The fourth-order valence-electron chi connectivity index (χ4n) is 4.23. The Hall–Kier alpha value is -3.62. The number of amides is 1. The highest BCUT2D eigenvalue weighted by atomic mass is 16.5. The van der Waals surface area contributed by atoms with Gasteiger partial charge < -0.3 is 10.1 Å². The molecule has 0 fully saturated rings. The van der Waals surface area contributed by atoms with E-state index in [9.17, 15) is 4.79 Å². The quantitative estimate of drug-likeness (QED) is 0.512. The second kappa shape index (κ2) is 10.8. The van der Waals surface area contributed by atoms with Gasteiger partial charge in [0.15, 0.2) is 0 Å². The lowest BCUT2D eigenvalue weighted by Gasteiger charge is -2.29. The van der Waals surface area contributed by atoms with Gasteiger partial charge in [-0.25, -0.2) is 0 Å². The Morgan fingerprint density at radius 2 is 1.73 bits per heavy atom. The molecule has 5 nitrogen and oxygen atoms in total. The molecule has 1 heterocycles. The molecular formula is C28H29N3O2. The molecule has 0 aromatic heterocycles. The topological polar surface area (TPSA) is 65.4 Å². The van der Waals surface area contributed by atoms with Gasteiger partial charge in [-0.1, -0.05) is 30.3 Å². The third-order valence-corrected chi connectivity index (χ3v) is 6.19. The van der Waals surface area contributed by atoms with Gasteiger partial charge in [0.1, 0.15) is 5.75 Å². The number of carbonyl (C=O) groups excluding carboxylic acids is 1. The SMILES string of the molecule is COc1ccc2c(c1)CN(CCCCNC(=O)c1ccc(-c3ccc(C#N)cc3)cc1)CC2. The smallest absolute Gasteiger partial charge is 0.251 e. The van der Waals surface area contributed by atoms with Crippen molar-refractivity contribution in [3.05, 3.63) is 89.0 Å². The van der Waals surface area contributed by atoms with Crippen LogP contribution in [0.1, 0.15) is 39.9 Å². The molecule has 0 atom stereocenters. The van der Waals surface area contributed by atoms with E-state index in [1.165, 1.54) is 11.1 Å². The third kappa shape index (κ3) is 5.79. The number of hydrogen-bond acceptors (Lipinski definition) is 4. The normalized spacial score (nSPS) is 13.1. The van der Waals surface area contributed by atoms with Crippen molar-refractivity contribution >= 4 is 5.91 Å². The zero-order valence-corrected chi connectivity index (χ0v) is 19.0. The molecule has 168 valence electrons. The van der Waals surface area contributed by atoms with Crippen molar-refractivity contribution in [2.75, 3.05) is 26.7 Å². The lowest BCUT2D eigenvalue weighted by molar-refractivity contribution is 0.0952. The summed E-state index contributed by atoms with van der Waals surface area (Å²) in [5, 5.41) is 12.0. The van der Waals surface area contributed by atoms with E-state index in [4.69, 9.17) is 10.00 Å². The van der Waals surface area contributed by atoms with Crippen LogP contribution in [0.3, 0.4) is 0 Å². The number of carbonyl (C=O) groups is 1. The molecule has 0 unspecified atom stereocenters. The van der Waals surface area contributed by atoms with Crippen LogP contribution in [0.25, 0.3) is 11.1 Å². The van der Waals surface area contributed by atoms with E-state index < -0.39 is 0 Å². The van der Waals surface area contributed by atoms with Gasteiger partial charge in [-0.2, -0.15) is 5.26 Å². The van der Waals surface area contributed by atoms with Gasteiger partial charge >= 0.3 is 0 Å². The molecule has 0 bridgehead atoms. The minimum Gasteiger partial charge on any atom is -0.497 e. The zero-order valence-electron chi connectivity index (χ0n) is 19.0. The number of nitrogens with zero attached hydrogens (tertiary/aromatic N) is 2. The largest absolute Gasteiger partial charge is 0.497 e. The van der Waals surface area contributed by atoms with Gasteiger partial charge in [-0.15, -0.1) is 0 Å². The van der Waals surface area contributed by atoms with E-state index in [1.54, 1.807) is 19.2 Å². The first-order chi connectivity index (χ1) is 16.2. The predicted octanol–water partition coefficient (Wildman–Crippen LogP) is 4.80. The van der Waals surface area contributed by atoms with Crippen LogP contribution in [0.4, 0.5) is 0 Å². The number of fused-ring (bicyclic) bond motifs is 1. The monoisotopic (exact) mass is 439 g/mol. The Balaban J connectivity index is 1.19. The highest BCUT2D eigenvalue weighted by molar-refractivity contribution is 5.94. The van der Waals surface area contributed by atoms with E-state index in [0.29, 0.717) is 17.7 Å². The fourth-order valence-corrected chi connectivity index (χ4v) is 4.23. The molecule has 0 saturated carbocycles. The first kappa shape index (κ1) is 22.6. The molecule has 1 N–H and O–H groups in total. The summed E-state index contributed by atoms with van der Waals surface area (Å²) < 4.78 is 5.36. The maximum atomic E-state index is 12.5. The summed E-state index contributed by atoms with van der Waals surface area (Å²) in [6.45, 7) is 3.75. The molecule has 4 rings (SSSR count). The molecule has 1 amide bonds. The standard InChI is InChI=1S/C28H29N3O2/c1-33-27-13-12-24-14-17-31(20-26(24)18-27)16-3-2-15-30-28(32)25-10-8-23(9-11-25)22-6-4-21(19-29)5-7-22/h4-13,18H,2-3,14-17,20H2,1H3,(H,30,32). The Morgan fingerprint density at radius 1 is 1.00 bits per heavy atom. The summed E-state index contributed by atoms with van der Waals surface area (Å²) in [6, 6.07) is 23.5. The van der Waals surface area contributed by atoms with Crippen molar-refractivity contribution in [1.82, 2.24) is 10.2 Å². The number of nitriles is 1. The van der Waals surface area contributed by atoms with E-state index in [-0.39, 0.29) is 5.91 Å². The van der Waals surface area contributed by atoms with Crippen molar-refractivity contribution in [3.8, 4) is 22.9 Å². The minimum absolute atomic E-state index is 0.0413. The number of methoxy groups -OCH3 is 1. The van der Waals surface area contributed by atoms with Crippen LogP contribution in [0.5, 0.6) is 5.75 Å². The molecule has 1 aliphatic rings. The zero-order chi connectivity index (χ0) is 23.0. The van der Waals surface area contributed by atoms with Gasteiger partial charge in [0, 0.05) is 25.2 Å². The fraction of sp³-hybridized carbons (Fsp3) is 0.286. The molecule has 3 aromatic carbocycles. The van der Waals surface area contributed by atoms with Crippen LogP contribution >= 0.6 is 0 Å². The first-order valence-electron chi connectivity index (χ1n) is 11.4. The maximum absolute atomic E-state index is 12.5.